The number of rotatable bonds is 57. The second-order valence-corrected chi connectivity index (χ2v) is 21.0. The van der Waals surface area contributed by atoms with Crippen molar-refractivity contribution in [2.45, 2.75) is 348 Å². The molecular weight excluding hydrogens is 853 g/mol. The van der Waals surface area contributed by atoms with Crippen LogP contribution in [0.4, 0.5) is 0 Å². The molecule has 0 saturated carbocycles. The van der Waals surface area contributed by atoms with E-state index in [0.29, 0.717) is 19.3 Å². The van der Waals surface area contributed by atoms with E-state index in [4.69, 9.17) is 14.2 Å². The molecule has 0 aliphatic carbocycles. The molecule has 0 rings (SSSR count). The first-order chi connectivity index (χ1) is 34.0. The molecular formula is C63H118O6. The van der Waals surface area contributed by atoms with Gasteiger partial charge >= 0.3 is 17.9 Å². The first-order valence-corrected chi connectivity index (χ1v) is 30.8. The van der Waals surface area contributed by atoms with E-state index in [9.17, 15) is 14.4 Å². The quantitative estimate of drug-likeness (QED) is 0.0261. The summed E-state index contributed by atoms with van der Waals surface area (Å²) in [7, 11) is 0. The van der Waals surface area contributed by atoms with Crippen molar-refractivity contribution in [3.8, 4) is 0 Å². The van der Waals surface area contributed by atoms with Crippen LogP contribution in [0, 0.1) is 0 Å². The Kier molecular flexibility index (Phi) is 56.7. The topological polar surface area (TPSA) is 78.9 Å². The minimum absolute atomic E-state index is 0.0716. The molecule has 0 saturated heterocycles. The lowest BCUT2D eigenvalue weighted by atomic mass is 10.0. The van der Waals surface area contributed by atoms with Gasteiger partial charge in [0, 0.05) is 19.3 Å². The maximum atomic E-state index is 12.9. The number of hydrogen-bond donors (Lipinski definition) is 0. The minimum Gasteiger partial charge on any atom is -0.462 e. The monoisotopic (exact) mass is 971 g/mol. The van der Waals surface area contributed by atoms with E-state index in [0.717, 1.165) is 64.2 Å². The van der Waals surface area contributed by atoms with Gasteiger partial charge in [0.05, 0.1) is 0 Å². The largest absolute Gasteiger partial charge is 0.462 e. The molecule has 0 aromatic heterocycles. The SMILES string of the molecule is CCCCCCCC/C=C\CCCCCCCCCC(=O)OC[C@H](COC(=O)CCCCCCC/C=C\CCCCCCCC)OC(=O)CCCCCCCCCCCCCCCCCCCCC. The minimum atomic E-state index is -0.773. The highest BCUT2D eigenvalue weighted by Crippen LogP contribution is 2.17. The van der Waals surface area contributed by atoms with Crippen LogP contribution in [0.2, 0.25) is 0 Å². The summed E-state index contributed by atoms with van der Waals surface area (Å²) in [6, 6.07) is 0. The highest BCUT2D eigenvalue weighted by molar-refractivity contribution is 5.71. The Labute approximate surface area is 430 Å². The van der Waals surface area contributed by atoms with E-state index in [2.05, 4.69) is 45.1 Å². The molecule has 0 fully saturated rings. The van der Waals surface area contributed by atoms with E-state index in [-0.39, 0.29) is 31.1 Å². The first-order valence-electron chi connectivity index (χ1n) is 30.8. The van der Waals surface area contributed by atoms with E-state index >= 15 is 0 Å². The Morgan fingerprint density at radius 3 is 0.725 bits per heavy atom. The summed E-state index contributed by atoms with van der Waals surface area (Å²) >= 11 is 0. The number of hydrogen-bond acceptors (Lipinski definition) is 6. The molecule has 6 nitrogen and oxygen atoms in total. The summed E-state index contributed by atoms with van der Waals surface area (Å²) in [6.45, 7) is 6.68. The Balaban J connectivity index is 4.33. The molecule has 69 heavy (non-hydrogen) atoms. The van der Waals surface area contributed by atoms with Gasteiger partial charge in [-0.2, -0.15) is 0 Å². The second-order valence-electron chi connectivity index (χ2n) is 21.0. The molecule has 0 heterocycles. The third kappa shape index (κ3) is 56.7. The number of allylic oxidation sites excluding steroid dienone is 4. The van der Waals surface area contributed by atoms with Crippen molar-refractivity contribution in [2.75, 3.05) is 13.2 Å². The van der Waals surface area contributed by atoms with Gasteiger partial charge in [-0.1, -0.05) is 276 Å². The molecule has 0 spiro atoms. The lowest BCUT2D eigenvalue weighted by Crippen LogP contribution is -2.30. The third-order valence-corrected chi connectivity index (χ3v) is 13.9. The van der Waals surface area contributed by atoms with Gasteiger partial charge in [-0.15, -0.1) is 0 Å². The van der Waals surface area contributed by atoms with Gasteiger partial charge in [0.2, 0.25) is 0 Å². The van der Waals surface area contributed by atoms with Crippen molar-refractivity contribution in [1.82, 2.24) is 0 Å². The number of esters is 3. The summed E-state index contributed by atoms with van der Waals surface area (Å²) in [4.78, 5) is 38.2. The lowest BCUT2D eigenvalue weighted by molar-refractivity contribution is -0.167. The zero-order valence-corrected chi connectivity index (χ0v) is 46.6. The van der Waals surface area contributed by atoms with Crippen LogP contribution < -0.4 is 0 Å². The van der Waals surface area contributed by atoms with Crippen molar-refractivity contribution >= 4 is 17.9 Å². The highest BCUT2D eigenvalue weighted by atomic mass is 16.6. The van der Waals surface area contributed by atoms with Gasteiger partial charge in [-0.3, -0.25) is 14.4 Å². The fourth-order valence-corrected chi connectivity index (χ4v) is 9.26. The van der Waals surface area contributed by atoms with Gasteiger partial charge < -0.3 is 14.2 Å². The Bertz CT molecular complexity index is 1110. The Hall–Kier alpha value is -2.11. The van der Waals surface area contributed by atoms with Crippen molar-refractivity contribution in [2.24, 2.45) is 0 Å². The van der Waals surface area contributed by atoms with Crippen LogP contribution in [0.5, 0.6) is 0 Å². The molecule has 1 atom stereocenters. The smallest absolute Gasteiger partial charge is 0.306 e. The number of unbranched alkanes of at least 4 members (excludes halogenated alkanes) is 42. The van der Waals surface area contributed by atoms with Crippen molar-refractivity contribution in [3.63, 3.8) is 0 Å². The predicted molar refractivity (Wildman–Crippen MR) is 298 cm³/mol. The van der Waals surface area contributed by atoms with Crippen LogP contribution in [0.15, 0.2) is 24.3 Å². The lowest BCUT2D eigenvalue weighted by Gasteiger charge is -2.18. The number of carbonyl (C=O) groups excluding carboxylic acids is 3. The summed E-state index contributed by atoms with van der Waals surface area (Å²) in [5, 5.41) is 0. The molecule has 0 aliphatic heterocycles. The van der Waals surface area contributed by atoms with Gasteiger partial charge in [0.25, 0.3) is 0 Å². The summed E-state index contributed by atoms with van der Waals surface area (Å²) in [6.07, 6.45) is 68.9. The zero-order valence-electron chi connectivity index (χ0n) is 46.6. The summed E-state index contributed by atoms with van der Waals surface area (Å²) in [5.74, 6) is -0.860. The van der Waals surface area contributed by atoms with Crippen LogP contribution in [-0.4, -0.2) is 37.2 Å². The van der Waals surface area contributed by atoms with Crippen molar-refractivity contribution < 1.29 is 28.6 Å². The standard InChI is InChI=1S/C63H118O6/c1-4-7-10-13-16-19-22-25-28-30-31-33-36-39-42-45-48-51-54-57-63(66)69-60(58-67-61(64)55-52-49-46-43-40-37-34-27-24-21-18-15-12-9-6-3)59-68-62(65)56-53-50-47-44-41-38-35-32-29-26-23-20-17-14-11-8-5-2/h26-27,29,34,60H,4-25,28,30-33,35-59H2,1-3H3/b29-26-,34-27-/t60-/m0/s1. The fraction of sp³-hybridized carbons (Fsp3) is 0.889. The average Bonchev–Trinajstić information content (AvgIpc) is 3.35. The Morgan fingerprint density at radius 1 is 0.275 bits per heavy atom. The summed E-state index contributed by atoms with van der Waals surface area (Å²) in [5.41, 5.74) is 0. The molecule has 0 aromatic carbocycles. The van der Waals surface area contributed by atoms with Gasteiger partial charge in [0.1, 0.15) is 13.2 Å². The molecule has 6 heteroatoms. The van der Waals surface area contributed by atoms with E-state index in [1.54, 1.807) is 0 Å². The highest BCUT2D eigenvalue weighted by Gasteiger charge is 2.19. The average molecular weight is 972 g/mol. The molecule has 0 aliphatic rings. The van der Waals surface area contributed by atoms with E-state index in [1.807, 2.05) is 0 Å². The van der Waals surface area contributed by atoms with Gasteiger partial charge in [-0.25, -0.2) is 0 Å². The second kappa shape index (κ2) is 58.5. The van der Waals surface area contributed by atoms with Crippen LogP contribution in [0.3, 0.4) is 0 Å². The van der Waals surface area contributed by atoms with Crippen LogP contribution >= 0.6 is 0 Å². The Morgan fingerprint density at radius 2 is 0.478 bits per heavy atom. The maximum Gasteiger partial charge on any atom is 0.306 e. The van der Waals surface area contributed by atoms with E-state index < -0.39 is 6.10 Å². The van der Waals surface area contributed by atoms with E-state index in [1.165, 1.54) is 238 Å². The molecule has 0 bridgehead atoms. The normalized spacial score (nSPS) is 12.1. The molecule has 406 valence electrons. The molecule has 0 N–H and O–H groups in total. The van der Waals surface area contributed by atoms with Crippen LogP contribution in [-0.2, 0) is 28.6 Å². The molecule has 0 radical (unpaired) electrons. The summed E-state index contributed by atoms with van der Waals surface area (Å²) < 4.78 is 16.9. The number of carbonyl (C=O) groups is 3. The van der Waals surface area contributed by atoms with Gasteiger partial charge in [0.15, 0.2) is 6.10 Å². The van der Waals surface area contributed by atoms with Gasteiger partial charge in [-0.05, 0) is 70.6 Å². The molecule has 0 unspecified atom stereocenters. The zero-order chi connectivity index (χ0) is 50.0. The third-order valence-electron chi connectivity index (χ3n) is 13.9. The number of ether oxygens (including phenoxy) is 3. The fourth-order valence-electron chi connectivity index (χ4n) is 9.26. The molecule has 0 aromatic rings. The van der Waals surface area contributed by atoms with Crippen LogP contribution in [0.1, 0.15) is 342 Å². The molecule has 0 amide bonds. The van der Waals surface area contributed by atoms with Crippen molar-refractivity contribution in [3.05, 3.63) is 24.3 Å². The van der Waals surface area contributed by atoms with Crippen LogP contribution in [0.25, 0.3) is 0 Å². The first kappa shape index (κ1) is 66.9. The van der Waals surface area contributed by atoms with Crippen molar-refractivity contribution in [1.29, 1.82) is 0 Å². The predicted octanol–water partition coefficient (Wildman–Crippen LogP) is 20.7. The maximum absolute atomic E-state index is 12.9.